The number of aliphatic hydroxyl groups is 2. The topological polar surface area (TPSA) is 71.2 Å². The second kappa shape index (κ2) is 5.60. The highest BCUT2D eigenvalue weighted by molar-refractivity contribution is 9.10. The van der Waals surface area contributed by atoms with Gasteiger partial charge in [0, 0.05) is 0 Å². The Bertz CT molecular complexity index is 542. The fourth-order valence-electron chi connectivity index (χ4n) is 1.82. The molecule has 5 nitrogen and oxygen atoms in total. The molecule has 0 aliphatic heterocycles. The van der Waals surface area contributed by atoms with E-state index < -0.39 is 6.10 Å². The molecule has 0 fully saturated rings. The lowest BCUT2D eigenvalue weighted by Crippen LogP contribution is -2.14. The Morgan fingerprint density at radius 2 is 2.11 bits per heavy atom. The minimum Gasteiger partial charge on any atom is -0.394 e. The second-order valence-corrected chi connectivity index (χ2v) is 4.65. The summed E-state index contributed by atoms with van der Waals surface area (Å²) in [6, 6.07) is 7.57. The highest BCUT2D eigenvalue weighted by atomic mass is 79.9. The van der Waals surface area contributed by atoms with Gasteiger partial charge in [-0.05, 0) is 34.0 Å². The predicted octanol–water partition coefficient (Wildman–Crippen LogP) is 1.42. The maximum absolute atomic E-state index is 10.4. The summed E-state index contributed by atoms with van der Waals surface area (Å²) in [5.74, 6) is 0.422. The van der Waals surface area contributed by atoms with Crippen molar-refractivity contribution >= 4 is 15.9 Å². The molecule has 1 unspecified atom stereocenters. The van der Waals surface area contributed by atoms with E-state index in [9.17, 15) is 5.11 Å². The van der Waals surface area contributed by atoms with Crippen LogP contribution in [0.2, 0.25) is 0 Å². The van der Waals surface area contributed by atoms with E-state index in [1.807, 2.05) is 31.2 Å². The third-order valence-corrected chi connectivity index (χ3v) is 3.05. The van der Waals surface area contributed by atoms with Crippen molar-refractivity contribution in [2.45, 2.75) is 19.6 Å². The van der Waals surface area contributed by atoms with Gasteiger partial charge in [-0.1, -0.05) is 24.3 Å². The van der Waals surface area contributed by atoms with E-state index >= 15 is 0 Å². The van der Waals surface area contributed by atoms with E-state index in [0.29, 0.717) is 17.1 Å². The largest absolute Gasteiger partial charge is 0.394 e. The van der Waals surface area contributed by atoms with Gasteiger partial charge in [0.15, 0.2) is 5.82 Å². The van der Waals surface area contributed by atoms with Crippen LogP contribution in [0.5, 0.6) is 0 Å². The summed E-state index contributed by atoms with van der Waals surface area (Å²) in [6.07, 6.45) is -0.850. The van der Waals surface area contributed by atoms with E-state index in [1.54, 1.807) is 0 Å². The van der Waals surface area contributed by atoms with Crippen LogP contribution in [0.1, 0.15) is 23.1 Å². The zero-order valence-corrected chi connectivity index (χ0v) is 11.5. The zero-order chi connectivity index (χ0) is 13.1. The minimum atomic E-state index is -0.850. The molecule has 0 amide bonds. The summed E-state index contributed by atoms with van der Waals surface area (Å²) in [5, 5.41) is 23.4. The van der Waals surface area contributed by atoms with Gasteiger partial charge in [0.2, 0.25) is 4.73 Å². The van der Waals surface area contributed by atoms with Crippen molar-refractivity contribution in [3.63, 3.8) is 0 Å². The Hall–Kier alpha value is -1.24. The van der Waals surface area contributed by atoms with Crippen LogP contribution in [0, 0.1) is 6.92 Å². The monoisotopic (exact) mass is 311 g/mol. The molecule has 1 heterocycles. The smallest absolute Gasteiger partial charge is 0.217 e. The Balaban J connectivity index is 2.39. The molecular weight excluding hydrogens is 298 g/mol. The van der Waals surface area contributed by atoms with Crippen molar-refractivity contribution in [3.8, 4) is 0 Å². The first-order valence-corrected chi connectivity index (χ1v) is 6.37. The molecule has 0 saturated carbocycles. The summed E-state index contributed by atoms with van der Waals surface area (Å²) in [4.78, 5) is 4.15. The molecule has 0 radical (unpaired) electrons. The van der Waals surface area contributed by atoms with E-state index in [0.717, 1.165) is 11.1 Å². The first-order valence-electron chi connectivity index (χ1n) is 5.58. The summed E-state index contributed by atoms with van der Waals surface area (Å²) in [7, 11) is 0. The average Bonchev–Trinajstić information content (AvgIpc) is 2.71. The molecule has 0 aliphatic carbocycles. The first-order chi connectivity index (χ1) is 8.63. The fraction of sp³-hybridized carbons (Fsp3) is 0.333. The van der Waals surface area contributed by atoms with Crippen molar-refractivity contribution < 1.29 is 10.2 Å². The third-order valence-electron chi connectivity index (χ3n) is 2.71. The van der Waals surface area contributed by atoms with E-state index in [2.05, 4.69) is 26.0 Å². The van der Waals surface area contributed by atoms with Crippen molar-refractivity contribution in [3.05, 3.63) is 46.0 Å². The molecule has 18 heavy (non-hydrogen) atoms. The van der Waals surface area contributed by atoms with Crippen LogP contribution in [0.25, 0.3) is 0 Å². The van der Waals surface area contributed by atoms with Gasteiger partial charge in [-0.2, -0.15) is 0 Å². The number of hydrogen-bond acceptors (Lipinski definition) is 4. The maximum Gasteiger partial charge on any atom is 0.217 e. The van der Waals surface area contributed by atoms with Gasteiger partial charge in [0.05, 0.1) is 13.2 Å². The van der Waals surface area contributed by atoms with Crippen LogP contribution in [0.15, 0.2) is 29.0 Å². The molecule has 2 N–H and O–H groups in total. The van der Waals surface area contributed by atoms with E-state index in [1.165, 1.54) is 4.68 Å². The number of benzene rings is 1. The van der Waals surface area contributed by atoms with Gasteiger partial charge in [-0.15, -0.1) is 5.10 Å². The second-order valence-electron chi connectivity index (χ2n) is 3.94. The zero-order valence-electron chi connectivity index (χ0n) is 9.91. The molecule has 0 spiro atoms. The lowest BCUT2D eigenvalue weighted by atomic mass is 10.0. The van der Waals surface area contributed by atoms with Gasteiger partial charge < -0.3 is 10.2 Å². The van der Waals surface area contributed by atoms with Crippen LogP contribution >= 0.6 is 15.9 Å². The maximum atomic E-state index is 10.4. The molecule has 2 rings (SSSR count). The van der Waals surface area contributed by atoms with E-state index in [4.69, 9.17) is 5.11 Å². The Labute approximate surface area is 113 Å². The van der Waals surface area contributed by atoms with Crippen molar-refractivity contribution in [1.29, 1.82) is 0 Å². The van der Waals surface area contributed by atoms with Gasteiger partial charge in [0.25, 0.3) is 0 Å². The Kier molecular flexibility index (Phi) is 4.11. The Morgan fingerprint density at radius 3 is 2.78 bits per heavy atom. The number of aromatic nitrogens is 3. The van der Waals surface area contributed by atoms with Crippen molar-refractivity contribution in [1.82, 2.24) is 14.8 Å². The Morgan fingerprint density at radius 1 is 1.39 bits per heavy atom. The lowest BCUT2D eigenvalue weighted by molar-refractivity contribution is 0.195. The lowest BCUT2D eigenvalue weighted by Gasteiger charge is -2.13. The van der Waals surface area contributed by atoms with Crippen LogP contribution in [0.3, 0.4) is 0 Å². The predicted molar refractivity (Wildman–Crippen MR) is 70.0 cm³/mol. The number of hydrogen-bond donors (Lipinski definition) is 2. The number of aliphatic hydroxyl groups excluding tert-OH is 2. The number of halogens is 1. The van der Waals surface area contributed by atoms with Gasteiger partial charge in [-0.3, -0.25) is 0 Å². The number of nitrogens with zero attached hydrogens (tertiary/aromatic N) is 3. The highest BCUT2D eigenvalue weighted by Crippen LogP contribution is 2.24. The molecular formula is C12H14BrN3O2. The summed E-state index contributed by atoms with van der Waals surface area (Å²) < 4.78 is 1.90. The molecule has 96 valence electrons. The number of aryl methyl sites for hydroxylation is 1. The molecule has 1 aromatic heterocycles. The van der Waals surface area contributed by atoms with Crippen LogP contribution in [-0.4, -0.2) is 31.6 Å². The molecule has 1 atom stereocenters. The minimum absolute atomic E-state index is 0.0523. The molecule has 6 heteroatoms. The molecule has 0 aliphatic rings. The molecule has 1 aromatic carbocycles. The van der Waals surface area contributed by atoms with E-state index in [-0.39, 0.29) is 6.61 Å². The summed E-state index contributed by atoms with van der Waals surface area (Å²) in [6.45, 7) is 2.18. The van der Waals surface area contributed by atoms with Gasteiger partial charge in [-0.25, -0.2) is 9.67 Å². The molecule has 2 aromatic rings. The summed E-state index contributed by atoms with van der Waals surface area (Å²) >= 11 is 3.18. The fourth-order valence-corrected chi connectivity index (χ4v) is 2.19. The quantitative estimate of drug-likeness (QED) is 0.896. The summed E-state index contributed by atoms with van der Waals surface area (Å²) in [5.41, 5.74) is 1.77. The number of rotatable bonds is 4. The average molecular weight is 312 g/mol. The van der Waals surface area contributed by atoms with Crippen molar-refractivity contribution in [2.24, 2.45) is 0 Å². The SMILES string of the molecule is Cc1ccccc1C(O)c1nc(Br)nn1CCO. The molecule has 0 saturated heterocycles. The van der Waals surface area contributed by atoms with Crippen LogP contribution in [0.4, 0.5) is 0 Å². The van der Waals surface area contributed by atoms with Crippen LogP contribution < -0.4 is 0 Å². The normalized spacial score (nSPS) is 12.7. The van der Waals surface area contributed by atoms with Crippen LogP contribution in [-0.2, 0) is 6.54 Å². The molecule has 0 bridgehead atoms. The third kappa shape index (κ3) is 2.60. The first kappa shape index (κ1) is 13.2. The van der Waals surface area contributed by atoms with Gasteiger partial charge in [0.1, 0.15) is 6.10 Å². The highest BCUT2D eigenvalue weighted by Gasteiger charge is 2.20. The van der Waals surface area contributed by atoms with Crippen molar-refractivity contribution in [2.75, 3.05) is 6.61 Å². The standard InChI is InChI=1S/C12H14BrN3O2/c1-8-4-2-3-5-9(8)10(18)11-14-12(13)15-16(11)6-7-17/h2-5,10,17-18H,6-7H2,1H3. The van der Waals surface area contributed by atoms with Gasteiger partial charge >= 0.3 is 0 Å².